The number of halogens is 2. The molecule has 4 amide bonds. The molecule has 11 nitrogen and oxygen atoms in total. The summed E-state index contributed by atoms with van der Waals surface area (Å²) in [5.74, 6) is -1.17. The number of ether oxygens (including phenoxy) is 1. The van der Waals surface area contributed by atoms with Crippen LogP contribution in [-0.4, -0.2) is 88.2 Å². The predicted molar refractivity (Wildman–Crippen MR) is 143 cm³/mol. The van der Waals surface area contributed by atoms with Gasteiger partial charge in [-0.1, -0.05) is 41.4 Å². The molecule has 4 rings (SSSR count). The Bertz CT molecular complexity index is 1260. The number of hydrogen-bond donors (Lipinski definition) is 2. The van der Waals surface area contributed by atoms with Crippen molar-refractivity contribution in [2.24, 2.45) is 0 Å². The predicted octanol–water partition coefficient (Wildman–Crippen LogP) is 2.80. The monoisotopic (exact) mass is 577 g/mol. The number of benzene rings is 2. The molecule has 0 saturated carbocycles. The van der Waals surface area contributed by atoms with Gasteiger partial charge in [0.1, 0.15) is 18.0 Å². The fraction of sp³-hybridized carbons (Fsp3) is 0.385. The summed E-state index contributed by atoms with van der Waals surface area (Å²) in [6.45, 7) is 0.182. The van der Waals surface area contributed by atoms with E-state index in [0.717, 1.165) is 5.56 Å². The van der Waals surface area contributed by atoms with Crippen molar-refractivity contribution < 1.29 is 29.0 Å². The van der Waals surface area contributed by atoms with Gasteiger partial charge in [-0.25, -0.2) is 14.8 Å². The molecule has 2 fully saturated rings. The molecule has 2 atom stereocenters. The van der Waals surface area contributed by atoms with Gasteiger partial charge in [0.2, 0.25) is 11.8 Å². The minimum atomic E-state index is -1.09. The van der Waals surface area contributed by atoms with E-state index in [1.165, 1.54) is 19.8 Å². The van der Waals surface area contributed by atoms with Gasteiger partial charge in [0.15, 0.2) is 0 Å². The van der Waals surface area contributed by atoms with Crippen molar-refractivity contribution in [3.8, 4) is 5.75 Å². The average Bonchev–Trinajstić information content (AvgIpc) is 2.89. The van der Waals surface area contributed by atoms with Crippen LogP contribution >= 0.6 is 23.2 Å². The lowest BCUT2D eigenvalue weighted by Crippen LogP contribution is -2.75. The van der Waals surface area contributed by atoms with Crippen LogP contribution in [-0.2, 0) is 27.5 Å². The summed E-state index contributed by atoms with van der Waals surface area (Å²) < 4.78 is 5.17. The van der Waals surface area contributed by atoms with Gasteiger partial charge in [-0.15, -0.1) is 0 Å². The molecule has 13 heteroatoms. The standard InChI is InChI=1S/C26H29Cl2N5O6/c1-30-15-23(34)32-21(9-10-24(35)36)25(37)31(13-17-5-6-18(27)11-20(17)28)14-22(32)33(30)26(38)29-12-16-3-7-19(39-2)8-4-16/h3-8,11,21-22H,9-10,12-15H2,1-2H3,(H,29,38)(H,35,36)/t21-,22-/m0/s1. The molecule has 2 saturated heterocycles. The summed E-state index contributed by atoms with van der Waals surface area (Å²) in [5.41, 5.74) is 1.47. The van der Waals surface area contributed by atoms with Crippen LogP contribution in [0, 0.1) is 0 Å². The number of nitrogens with one attached hydrogen (secondary N) is 1. The molecule has 2 N–H and O–H groups in total. The summed E-state index contributed by atoms with van der Waals surface area (Å²) in [6.07, 6.45) is -1.26. The van der Waals surface area contributed by atoms with E-state index in [4.69, 9.17) is 27.9 Å². The minimum Gasteiger partial charge on any atom is -0.497 e. The van der Waals surface area contributed by atoms with Gasteiger partial charge >= 0.3 is 12.0 Å². The number of hydrogen-bond acceptors (Lipinski definition) is 6. The Morgan fingerprint density at radius 2 is 1.85 bits per heavy atom. The zero-order valence-corrected chi connectivity index (χ0v) is 23.0. The van der Waals surface area contributed by atoms with E-state index in [0.29, 0.717) is 21.4 Å². The lowest BCUT2D eigenvalue weighted by atomic mass is 10.0. The van der Waals surface area contributed by atoms with Crippen molar-refractivity contribution in [3.05, 3.63) is 63.6 Å². The summed E-state index contributed by atoms with van der Waals surface area (Å²) in [4.78, 5) is 54.4. The first-order valence-electron chi connectivity index (χ1n) is 12.3. The van der Waals surface area contributed by atoms with E-state index in [-0.39, 0.29) is 44.9 Å². The van der Waals surface area contributed by atoms with Crippen molar-refractivity contribution >= 4 is 47.0 Å². The maximum atomic E-state index is 13.6. The highest BCUT2D eigenvalue weighted by Gasteiger charge is 2.50. The van der Waals surface area contributed by atoms with Crippen LogP contribution in [0.3, 0.4) is 0 Å². The first kappa shape index (κ1) is 28.5. The molecule has 2 aliphatic rings. The van der Waals surface area contributed by atoms with E-state index >= 15 is 0 Å². The second kappa shape index (κ2) is 12.1. The van der Waals surface area contributed by atoms with E-state index < -0.39 is 30.1 Å². The number of methoxy groups -OCH3 is 1. The largest absolute Gasteiger partial charge is 0.497 e. The van der Waals surface area contributed by atoms with E-state index in [9.17, 15) is 24.3 Å². The van der Waals surface area contributed by atoms with Crippen LogP contribution in [0.2, 0.25) is 10.0 Å². The minimum absolute atomic E-state index is 0.00734. The summed E-state index contributed by atoms with van der Waals surface area (Å²) in [7, 11) is 3.18. The van der Waals surface area contributed by atoms with Crippen LogP contribution in [0.1, 0.15) is 24.0 Å². The summed E-state index contributed by atoms with van der Waals surface area (Å²) >= 11 is 12.4. The molecule has 208 valence electrons. The fourth-order valence-electron chi connectivity index (χ4n) is 4.84. The molecule has 0 bridgehead atoms. The zero-order chi connectivity index (χ0) is 28.3. The SMILES string of the molecule is COc1ccc(CNC(=O)N2[C@H]3CN(Cc4ccc(Cl)cc4Cl)C(=O)[C@H](CCC(=O)O)N3C(=O)CN2C)cc1. The first-order chi connectivity index (χ1) is 18.6. The van der Waals surface area contributed by atoms with Gasteiger partial charge in [-0.3, -0.25) is 14.4 Å². The van der Waals surface area contributed by atoms with Crippen molar-refractivity contribution in [3.63, 3.8) is 0 Å². The maximum absolute atomic E-state index is 13.6. The Hall–Kier alpha value is -3.54. The molecule has 0 aliphatic carbocycles. The number of carboxylic acids is 1. The van der Waals surface area contributed by atoms with Crippen molar-refractivity contribution in [1.82, 2.24) is 25.1 Å². The Kier molecular flexibility index (Phi) is 8.83. The van der Waals surface area contributed by atoms with Gasteiger partial charge in [0, 0.05) is 36.6 Å². The highest BCUT2D eigenvalue weighted by atomic mass is 35.5. The molecule has 0 spiro atoms. The van der Waals surface area contributed by atoms with Gasteiger partial charge in [-0.05, 0) is 41.8 Å². The van der Waals surface area contributed by atoms with Gasteiger partial charge in [-0.2, -0.15) is 0 Å². The Labute approximate surface area is 235 Å². The van der Waals surface area contributed by atoms with Crippen LogP contribution in [0.4, 0.5) is 4.79 Å². The molecular formula is C26H29Cl2N5O6. The number of fused-ring (bicyclic) bond motifs is 1. The Morgan fingerprint density at radius 1 is 1.13 bits per heavy atom. The lowest BCUT2D eigenvalue weighted by Gasteiger charge is -2.54. The van der Waals surface area contributed by atoms with Gasteiger partial charge in [0.25, 0.3) is 0 Å². The smallest absolute Gasteiger partial charge is 0.334 e. The number of piperazine rings is 1. The molecule has 2 aliphatic heterocycles. The third-order valence-corrected chi connectivity index (χ3v) is 7.35. The third-order valence-electron chi connectivity index (χ3n) is 6.76. The average molecular weight is 578 g/mol. The number of likely N-dealkylation sites (N-methyl/N-ethyl adjacent to an activating group) is 1. The number of rotatable bonds is 8. The summed E-state index contributed by atoms with van der Waals surface area (Å²) in [6, 6.07) is 10.6. The lowest BCUT2D eigenvalue weighted by molar-refractivity contribution is -0.188. The number of aliphatic carboxylic acids is 1. The van der Waals surface area contributed by atoms with Crippen LogP contribution in [0.5, 0.6) is 5.75 Å². The van der Waals surface area contributed by atoms with E-state index in [1.54, 1.807) is 44.5 Å². The molecule has 0 aromatic heterocycles. The van der Waals surface area contributed by atoms with E-state index in [2.05, 4.69) is 5.32 Å². The van der Waals surface area contributed by atoms with Crippen molar-refractivity contribution in [2.45, 2.75) is 38.1 Å². The Morgan fingerprint density at radius 3 is 2.49 bits per heavy atom. The van der Waals surface area contributed by atoms with Crippen LogP contribution < -0.4 is 10.1 Å². The molecule has 0 radical (unpaired) electrons. The van der Waals surface area contributed by atoms with Crippen LogP contribution in [0.25, 0.3) is 0 Å². The number of carboxylic acid groups (broad SMARTS) is 1. The van der Waals surface area contributed by atoms with Crippen molar-refractivity contribution in [1.29, 1.82) is 0 Å². The third kappa shape index (κ3) is 6.38. The Balaban J connectivity index is 1.60. The number of carbonyl (C=O) groups is 4. The highest BCUT2D eigenvalue weighted by molar-refractivity contribution is 6.35. The molecule has 2 aromatic carbocycles. The zero-order valence-electron chi connectivity index (χ0n) is 21.5. The molecule has 2 heterocycles. The molecule has 0 unspecified atom stereocenters. The van der Waals surface area contributed by atoms with E-state index in [1.807, 2.05) is 12.1 Å². The number of carbonyl (C=O) groups excluding carboxylic acids is 3. The fourth-order valence-corrected chi connectivity index (χ4v) is 5.31. The molecular weight excluding hydrogens is 549 g/mol. The summed E-state index contributed by atoms with van der Waals surface area (Å²) in [5, 5.41) is 15.9. The van der Waals surface area contributed by atoms with Crippen LogP contribution in [0.15, 0.2) is 42.5 Å². The van der Waals surface area contributed by atoms with Gasteiger partial charge in [0.05, 0.1) is 20.2 Å². The second-order valence-electron chi connectivity index (χ2n) is 9.35. The second-order valence-corrected chi connectivity index (χ2v) is 10.2. The number of urea groups is 1. The van der Waals surface area contributed by atoms with Crippen molar-refractivity contribution in [2.75, 3.05) is 27.2 Å². The number of amides is 4. The highest BCUT2D eigenvalue weighted by Crippen LogP contribution is 2.30. The first-order valence-corrected chi connectivity index (χ1v) is 13.0. The topological polar surface area (TPSA) is 123 Å². The maximum Gasteiger partial charge on any atom is 0.334 e. The molecule has 39 heavy (non-hydrogen) atoms. The normalized spacial score (nSPS) is 19.6. The number of nitrogens with zero attached hydrogens (tertiary/aromatic N) is 4. The quantitative estimate of drug-likeness (QED) is 0.494. The molecule has 2 aromatic rings. The van der Waals surface area contributed by atoms with Gasteiger partial charge < -0.3 is 25.0 Å². The number of hydrazine groups is 1.